The topological polar surface area (TPSA) is 125 Å². The molecule has 0 aliphatic rings. The summed E-state index contributed by atoms with van der Waals surface area (Å²) in [5.74, 6) is -1.29. The number of hydrogen-bond donors (Lipinski definition) is 4. The fraction of sp³-hybridized carbons (Fsp3) is 0.250. The highest BCUT2D eigenvalue weighted by molar-refractivity contribution is 5.92. The van der Waals surface area contributed by atoms with Crippen LogP contribution in [0.3, 0.4) is 0 Å². The van der Waals surface area contributed by atoms with Crippen LogP contribution in [0, 0.1) is 0 Å². The molecule has 8 nitrogen and oxygen atoms in total. The molecule has 32 heavy (non-hydrogen) atoms. The van der Waals surface area contributed by atoms with E-state index in [2.05, 4.69) is 16.0 Å². The lowest BCUT2D eigenvalue weighted by Crippen LogP contribution is -2.42. The molecule has 0 heterocycles. The number of rotatable bonds is 11. The van der Waals surface area contributed by atoms with E-state index in [-0.39, 0.29) is 30.1 Å². The second-order valence-electron chi connectivity index (χ2n) is 7.48. The molecule has 0 bridgehead atoms. The van der Waals surface area contributed by atoms with Gasteiger partial charge in [0.25, 0.3) is 10.9 Å². The zero-order valence-corrected chi connectivity index (χ0v) is 17.7. The highest BCUT2D eigenvalue weighted by Crippen LogP contribution is 2.18. The first-order valence-electron chi connectivity index (χ1n) is 10.4. The number of carboxylic acid groups (broad SMARTS) is 1. The maximum absolute atomic E-state index is 12.2. The summed E-state index contributed by atoms with van der Waals surface area (Å²) in [6.45, 7) is 2.42. The highest BCUT2D eigenvalue weighted by Gasteiger charge is 2.26. The monoisotopic (exact) mass is 435 g/mol. The number of aliphatic carboxylic acids is 1. The molecule has 0 saturated heterocycles. The summed E-state index contributed by atoms with van der Waals surface area (Å²) in [6, 6.07) is 15.1. The van der Waals surface area contributed by atoms with Crippen molar-refractivity contribution in [3.05, 3.63) is 86.2 Å². The van der Waals surface area contributed by atoms with Gasteiger partial charge in [0, 0.05) is 18.7 Å². The van der Waals surface area contributed by atoms with Crippen LogP contribution in [0.2, 0.25) is 0 Å². The molecule has 0 fully saturated rings. The summed E-state index contributed by atoms with van der Waals surface area (Å²) >= 11 is 0. The minimum atomic E-state index is -1.14. The second kappa shape index (κ2) is 10.4. The van der Waals surface area contributed by atoms with Gasteiger partial charge < -0.3 is 21.1 Å². The molecule has 1 atom stereocenters. The van der Waals surface area contributed by atoms with E-state index in [1.54, 1.807) is 24.3 Å². The predicted molar refractivity (Wildman–Crippen MR) is 124 cm³/mol. The lowest BCUT2D eigenvalue weighted by molar-refractivity contribution is -0.137. The predicted octanol–water partition coefficient (Wildman–Crippen LogP) is 2.39. The number of carbonyl (C=O) groups is 2. The van der Waals surface area contributed by atoms with Crippen LogP contribution in [-0.4, -0.2) is 29.6 Å². The van der Waals surface area contributed by atoms with E-state index < -0.39 is 22.9 Å². The van der Waals surface area contributed by atoms with Gasteiger partial charge in [-0.05, 0) is 29.7 Å². The van der Waals surface area contributed by atoms with E-state index in [1.165, 1.54) is 0 Å². The lowest BCUT2D eigenvalue weighted by Gasteiger charge is -2.20. The molecule has 0 spiro atoms. The molecule has 0 aliphatic carbocycles. The molecule has 0 radical (unpaired) electrons. The smallest absolute Gasteiger partial charge is 0.326 e. The molecule has 166 valence electrons. The van der Waals surface area contributed by atoms with Crippen molar-refractivity contribution in [3.63, 3.8) is 0 Å². The van der Waals surface area contributed by atoms with Crippen LogP contribution in [0.25, 0.3) is 0 Å². The van der Waals surface area contributed by atoms with Crippen molar-refractivity contribution in [2.45, 2.75) is 32.2 Å². The van der Waals surface area contributed by atoms with Crippen LogP contribution < -0.4 is 26.8 Å². The van der Waals surface area contributed by atoms with Crippen molar-refractivity contribution in [2.24, 2.45) is 0 Å². The normalized spacial score (nSPS) is 11.7. The average Bonchev–Trinajstić information content (AvgIpc) is 2.79. The standard InChI is InChI=1S/C24H25N3O5/c1-2-12-25-20-21(23(30)22(20)29)27-18(24(31)32)13-16-8-10-17(11-9-16)26-19(28)14-15-6-4-3-5-7-15/h3-11,18,25,27H,2,12-14H2,1H3,(H,26,28)(H,31,32). The molecule has 1 amide bonds. The van der Waals surface area contributed by atoms with Gasteiger partial charge in [0.1, 0.15) is 17.4 Å². The summed E-state index contributed by atoms with van der Waals surface area (Å²) in [4.78, 5) is 47.5. The molecule has 8 heteroatoms. The van der Waals surface area contributed by atoms with Gasteiger partial charge >= 0.3 is 5.97 Å². The summed E-state index contributed by atoms with van der Waals surface area (Å²) in [6.07, 6.45) is 1.11. The van der Waals surface area contributed by atoms with Gasteiger partial charge in [-0.15, -0.1) is 0 Å². The summed E-state index contributed by atoms with van der Waals surface area (Å²) < 4.78 is 0. The van der Waals surface area contributed by atoms with Crippen molar-refractivity contribution >= 4 is 28.9 Å². The number of anilines is 3. The fourth-order valence-electron chi connectivity index (χ4n) is 3.27. The molecule has 0 saturated carbocycles. The Balaban J connectivity index is 1.62. The van der Waals surface area contributed by atoms with Gasteiger partial charge in [-0.3, -0.25) is 14.4 Å². The van der Waals surface area contributed by atoms with Crippen LogP contribution in [0.15, 0.2) is 64.2 Å². The molecular formula is C24H25N3O5. The Labute approximate surface area is 185 Å². The van der Waals surface area contributed by atoms with Gasteiger partial charge in [-0.25, -0.2) is 4.79 Å². The third-order valence-corrected chi connectivity index (χ3v) is 4.96. The van der Waals surface area contributed by atoms with E-state index in [1.807, 2.05) is 37.3 Å². The molecule has 3 rings (SSSR count). The number of hydrogen-bond acceptors (Lipinski definition) is 6. The summed E-state index contributed by atoms with van der Waals surface area (Å²) in [7, 11) is 0. The van der Waals surface area contributed by atoms with Gasteiger partial charge in [0.05, 0.1) is 6.42 Å². The number of carboxylic acids is 1. The summed E-state index contributed by atoms with van der Waals surface area (Å²) in [5, 5.41) is 17.9. The molecule has 1 unspecified atom stereocenters. The fourth-order valence-corrected chi connectivity index (χ4v) is 3.27. The van der Waals surface area contributed by atoms with E-state index in [0.29, 0.717) is 17.8 Å². The quantitative estimate of drug-likeness (QED) is 0.341. The van der Waals surface area contributed by atoms with E-state index in [9.17, 15) is 24.3 Å². The third-order valence-electron chi connectivity index (χ3n) is 4.96. The Morgan fingerprint density at radius 2 is 1.56 bits per heavy atom. The van der Waals surface area contributed by atoms with Crippen molar-refractivity contribution in [3.8, 4) is 0 Å². The first-order chi connectivity index (χ1) is 15.4. The van der Waals surface area contributed by atoms with Crippen molar-refractivity contribution in [2.75, 3.05) is 22.5 Å². The van der Waals surface area contributed by atoms with Gasteiger partial charge in [-0.1, -0.05) is 49.4 Å². The van der Waals surface area contributed by atoms with Crippen molar-refractivity contribution in [1.29, 1.82) is 0 Å². The molecule has 0 aliphatic heterocycles. The van der Waals surface area contributed by atoms with Crippen molar-refractivity contribution < 1.29 is 14.7 Å². The van der Waals surface area contributed by atoms with Gasteiger partial charge in [0.2, 0.25) is 5.91 Å². The van der Waals surface area contributed by atoms with Crippen LogP contribution in [0.1, 0.15) is 24.5 Å². The zero-order valence-electron chi connectivity index (χ0n) is 17.7. The molecule has 3 aromatic carbocycles. The number of carbonyl (C=O) groups excluding carboxylic acids is 1. The van der Waals surface area contributed by atoms with Crippen molar-refractivity contribution in [1.82, 2.24) is 0 Å². The van der Waals surface area contributed by atoms with Gasteiger partial charge in [-0.2, -0.15) is 0 Å². The first kappa shape index (κ1) is 22.7. The van der Waals surface area contributed by atoms with E-state index >= 15 is 0 Å². The Bertz CT molecular complexity index is 1150. The number of amides is 1. The molecule has 4 N–H and O–H groups in total. The minimum Gasteiger partial charge on any atom is -0.480 e. The van der Waals surface area contributed by atoms with Crippen LogP contribution in [0.5, 0.6) is 0 Å². The minimum absolute atomic E-state index is 0.0145. The summed E-state index contributed by atoms with van der Waals surface area (Å²) in [5.41, 5.74) is 1.01. The number of benzene rings is 2. The zero-order chi connectivity index (χ0) is 23.1. The lowest BCUT2D eigenvalue weighted by atomic mass is 10.0. The maximum atomic E-state index is 12.2. The Morgan fingerprint density at radius 1 is 0.906 bits per heavy atom. The van der Waals surface area contributed by atoms with E-state index in [0.717, 1.165) is 12.0 Å². The van der Waals surface area contributed by atoms with Gasteiger partial charge in [0.15, 0.2) is 0 Å². The SMILES string of the molecule is CCCNc1c(NC(Cc2ccc(NC(=O)Cc3ccccc3)cc2)C(=O)O)c(=O)c1=O. The molecule has 3 aromatic rings. The number of nitrogens with one attached hydrogen (secondary N) is 3. The third kappa shape index (κ3) is 5.60. The Kier molecular flexibility index (Phi) is 7.38. The Morgan fingerprint density at radius 3 is 2.19 bits per heavy atom. The largest absolute Gasteiger partial charge is 0.480 e. The molecular weight excluding hydrogens is 410 g/mol. The van der Waals surface area contributed by atoms with Crippen LogP contribution >= 0.6 is 0 Å². The maximum Gasteiger partial charge on any atom is 0.326 e. The van der Waals surface area contributed by atoms with Crippen LogP contribution in [-0.2, 0) is 22.4 Å². The average molecular weight is 435 g/mol. The second-order valence-corrected chi connectivity index (χ2v) is 7.48. The molecule has 0 aromatic heterocycles. The highest BCUT2D eigenvalue weighted by atomic mass is 16.4. The Hall–Kier alpha value is -3.94. The van der Waals surface area contributed by atoms with Crippen LogP contribution in [0.4, 0.5) is 17.1 Å². The van der Waals surface area contributed by atoms with E-state index in [4.69, 9.17) is 0 Å². The first-order valence-corrected chi connectivity index (χ1v) is 10.4.